The Bertz CT molecular complexity index is 1970. The van der Waals surface area contributed by atoms with E-state index in [0.29, 0.717) is 37.7 Å². The number of aryl methyl sites for hydroxylation is 1. The SMILES string of the molecule is Cc1ccc(S(=O)(=O)O)cc1.Clc1nc(N2CCOCC2)c2[nH]cnc2n1.Clc1nc(N2CCOCC2)c2c(ncn2C2CCCCO2)n1.[2H]P. The van der Waals surface area contributed by atoms with Crippen LogP contribution >= 0.6 is 33.0 Å². The summed E-state index contributed by atoms with van der Waals surface area (Å²) in [5.41, 5.74) is 3.90. The standard InChI is InChI=1S/C14H18ClN5O2.C9H10ClN5O.C7H8O3S.H3P/c15-14-17-12-11(13(18-14)19-4-7-21-8-5-19)20(9-16-12)10-3-1-2-6-22-10;10-9-13-7-6(11-5-12-7)8(14-9)15-1-3-16-4-2-15;1-6-2-4-7(5-3-6)11(8,9)10;/h9-10H,1-8H2;5H,1-4H2,(H,11,12,13,14);2-5H,1H3,(H,8,9,10);1H3/i;;;1D. The maximum atomic E-state index is 10.5. The quantitative estimate of drug-likeness (QED) is 0.151. The molecule has 3 aliphatic rings. The van der Waals surface area contributed by atoms with E-state index in [4.69, 9.17) is 43.2 Å². The molecule has 0 radical (unpaired) electrons. The van der Waals surface area contributed by atoms with Gasteiger partial charge in [-0.25, -0.2) is 9.97 Å². The highest BCUT2D eigenvalue weighted by Gasteiger charge is 2.25. The van der Waals surface area contributed by atoms with E-state index in [-0.39, 0.29) is 21.7 Å². The van der Waals surface area contributed by atoms with Crippen molar-refractivity contribution in [1.29, 1.82) is 1.28 Å². The zero-order valence-electron chi connectivity index (χ0n) is 28.3. The predicted molar refractivity (Wildman–Crippen MR) is 194 cm³/mol. The van der Waals surface area contributed by atoms with Crippen molar-refractivity contribution in [3.8, 4) is 0 Å². The van der Waals surface area contributed by atoms with Gasteiger partial charge in [-0.2, -0.15) is 38.2 Å². The minimum absolute atomic E-state index is 0.00307. The molecule has 3 aliphatic heterocycles. The van der Waals surface area contributed by atoms with Gasteiger partial charge in [-0.3, -0.25) is 9.12 Å². The Hall–Kier alpha value is -3.28. The molecule has 0 spiro atoms. The molecule has 0 aliphatic carbocycles. The Kier molecular flexibility index (Phi) is 12.6. The third-order valence-corrected chi connectivity index (χ3v) is 9.23. The third kappa shape index (κ3) is 9.33. The van der Waals surface area contributed by atoms with E-state index < -0.39 is 10.1 Å². The van der Waals surface area contributed by atoms with Crippen molar-refractivity contribution in [3.05, 3.63) is 53.1 Å². The normalized spacial score (nSPS) is 18.3. The minimum atomic E-state index is -4.02. The molecule has 0 bridgehead atoms. The topological polar surface area (TPSA) is 187 Å². The molecule has 2 N–H and O–H groups in total. The van der Waals surface area contributed by atoms with Crippen LogP contribution < -0.4 is 9.80 Å². The van der Waals surface area contributed by atoms with Gasteiger partial charge in [-0.05, 0) is 61.5 Å². The lowest BCUT2D eigenvalue weighted by atomic mass is 10.2. The van der Waals surface area contributed by atoms with E-state index in [2.05, 4.69) is 49.3 Å². The molecule has 3 saturated heterocycles. The van der Waals surface area contributed by atoms with Gasteiger partial charge in [-0.1, -0.05) is 17.7 Å². The molecule has 2 atom stereocenters. The highest BCUT2D eigenvalue weighted by Crippen LogP contribution is 2.31. The summed E-state index contributed by atoms with van der Waals surface area (Å²) in [7, 11) is -2.35. The number of anilines is 2. The van der Waals surface area contributed by atoms with Gasteiger partial charge in [0.1, 0.15) is 17.3 Å². The molecule has 8 rings (SSSR count). The first-order valence-corrected chi connectivity index (χ1v) is 17.9. The summed E-state index contributed by atoms with van der Waals surface area (Å²) in [5, 5.41) is 0.449. The number of nitrogens with one attached hydrogen (secondary N) is 1. The summed E-state index contributed by atoms with van der Waals surface area (Å²) in [6.45, 7) is 8.61. The number of aromatic amines is 1. The molecule has 270 valence electrons. The molecular formula is C30H39Cl2N10O6PS. The Morgan fingerprint density at radius 1 is 0.860 bits per heavy atom. The molecule has 4 aromatic heterocycles. The zero-order chi connectivity index (χ0) is 36.4. The zero-order valence-corrected chi connectivity index (χ0v) is 30.8. The van der Waals surface area contributed by atoms with Crippen LogP contribution in [0.1, 0.15) is 31.1 Å². The number of ether oxygens (including phenoxy) is 3. The van der Waals surface area contributed by atoms with Crippen LogP contribution in [-0.4, -0.2) is 113 Å². The van der Waals surface area contributed by atoms with E-state index in [0.717, 1.165) is 80.3 Å². The number of benzene rings is 1. The van der Waals surface area contributed by atoms with Crippen molar-refractivity contribution < 1.29 is 27.2 Å². The fourth-order valence-corrected chi connectivity index (χ4v) is 6.36. The number of hydrogen-bond donors (Lipinski definition) is 2. The maximum absolute atomic E-state index is 10.5. The van der Waals surface area contributed by atoms with Crippen molar-refractivity contribution in [2.75, 3.05) is 69.0 Å². The number of morpholine rings is 2. The number of imidazole rings is 2. The van der Waals surface area contributed by atoms with Crippen LogP contribution in [0.2, 0.25) is 10.6 Å². The smallest absolute Gasteiger partial charge is 0.294 e. The Labute approximate surface area is 303 Å². The van der Waals surface area contributed by atoms with Crippen molar-refractivity contribution in [3.63, 3.8) is 0 Å². The molecule has 0 saturated carbocycles. The molecule has 7 heterocycles. The number of rotatable bonds is 4. The summed E-state index contributed by atoms with van der Waals surface area (Å²) in [6.07, 6.45) is 6.64. The van der Waals surface area contributed by atoms with Gasteiger partial charge < -0.3 is 29.0 Å². The summed E-state index contributed by atoms with van der Waals surface area (Å²) < 4.78 is 53.9. The lowest BCUT2D eigenvalue weighted by molar-refractivity contribution is -0.0295. The van der Waals surface area contributed by atoms with Gasteiger partial charge in [0, 0.05) is 32.8 Å². The molecule has 3 fully saturated rings. The monoisotopic (exact) mass is 769 g/mol. The average molecular weight is 771 g/mol. The first-order chi connectivity index (χ1) is 24.7. The largest absolute Gasteiger partial charge is 0.378 e. The fraction of sp³-hybridized carbons (Fsp3) is 0.467. The van der Waals surface area contributed by atoms with Crippen LogP contribution in [0.5, 0.6) is 0 Å². The van der Waals surface area contributed by atoms with Gasteiger partial charge in [0.05, 0.1) is 45.3 Å². The summed E-state index contributed by atoms with van der Waals surface area (Å²) in [4.78, 5) is 32.8. The second-order valence-electron chi connectivity index (χ2n) is 11.4. The van der Waals surface area contributed by atoms with Gasteiger partial charge in [0.15, 0.2) is 22.9 Å². The van der Waals surface area contributed by atoms with Gasteiger partial charge in [-0.15, -0.1) is 0 Å². The van der Waals surface area contributed by atoms with Crippen LogP contribution in [0.15, 0.2) is 41.8 Å². The number of aromatic nitrogens is 8. The molecule has 2 unspecified atom stereocenters. The molecule has 50 heavy (non-hydrogen) atoms. The van der Waals surface area contributed by atoms with E-state index in [1.54, 1.807) is 34.6 Å². The van der Waals surface area contributed by atoms with Crippen LogP contribution in [0.4, 0.5) is 11.6 Å². The van der Waals surface area contributed by atoms with Crippen LogP contribution in [0, 0.1) is 6.92 Å². The minimum Gasteiger partial charge on any atom is -0.378 e. The summed E-state index contributed by atoms with van der Waals surface area (Å²) >= 11 is 11.9. The molecule has 5 aromatic rings. The number of H-pyrrole nitrogens is 1. The third-order valence-electron chi connectivity index (χ3n) is 8.03. The van der Waals surface area contributed by atoms with Gasteiger partial charge >= 0.3 is 0 Å². The summed E-state index contributed by atoms with van der Waals surface area (Å²) in [5.74, 6) is 1.63. The lowest BCUT2D eigenvalue weighted by Crippen LogP contribution is -2.37. The van der Waals surface area contributed by atoms with Crippen LogP contribution in [0.25, 0.3) is 22.3 Å². The second kappa shape index (κ2) is 17.3. The molecule has 0 amide bonds. The van der Waals surface area contributed by atoms with E-state index in [1.807, 2.05) is 6.92 Å². The number of nitrogens with zero attached hydrogens (tertiary/aromatic N) is 9. The van der Waals surface area contributed by atoms with Gasteiger partial charge in [0.2, 0.25) is 10.6 Å². The Morgan fingerprint density at radius 2 is 1.46 bits per heavy atom. The lowest BCUT2D eigenvalue weighted by Gasteiger charge is -2.30. The van der Waals surface area contributed by atoms with Crippen molar-refractivity contribution in [2.45, 2.75) is 37.3 Å². The Balaban J connectivity index is 0.000000153. The molecule has 20 heteroatoms. The highest BCUT2D eigenvalue weighted by molar-refractivity contribution is 7.85. The molecule has 16 nitrogen and oxygen atoms in total. The predicted octanol–water partition coefficient (Wildman–Crippen LogP) is 4.16. The highest BCUT2D eigenvalue weighted by atomic mass is 35.5. The number of halogens is 2. The van der Waals surface area contributed by atoms with Crippen LogP contribution in [0.3, 0.4) is 0 Å². The molecule has 1 aromatic carbocycles. The first kappa shape index (κ1) is 36.5. The Morgan fingerprint density at radius 3 is 2.06 bits per heavy atom. The van der Waals surface area contributed by atoms with Crippen LogP contribution in [-0.2, 0) is 24.3 Å². The van der Waals surface area contributed by atoms with E-state index >= 15 is 0 Å². The maximum Gasteiger partial charge on any atom is 0.294 e. The van der Waals surface area contributed by atoms with Crippen molar-refractivity contribution in [1.82, 2.24) is 39.5 Å². The van der Waals surface area contributed by atoms with E-state index in [9.17, 15) is 8.42 Å². The van der Waals surface area contributed by atoms with Crippen molar-refractivity contribution in [2.24, 2.45) is 0 Å². The summed E-state index contributed by atoms with van der Waals surface area (Å²) in [6, 6.07) is 5.99. The van der Waals surface area contributed by atoms with Gasteiger partial charge in [0.25, 0.3) is 10.1 Å². The van der Waals surface area contributed by atoms with E-state index in [1.165, 1.54) is 12.1 Å². The fourth-order valence-electron chi connectivity index (χ4n) is 5.56. The number of fused-ring (bicyclic) bond motifs is 2. The number of hydrogen-bond acceptors (Lipinski definition) is 13. The second-order valence-corrected chi connectivity index (χ2v) is 13.5. The average Bonchev–Trinajstić information content (AvgIpc) is 3.81. The first-order valence-electron chi connectivity index (χ1n) is 16.3. The van der Waals surface area contributed by atoms with Crippen molar-refractivity contribution >= 4 is 77.1 Å². The molecular weight excluding hydrogens is 730 g/mol.